The number of benzene rings is 1. The molecule has 0 saturated heterocycles. The van der Waals surface area contributed by atoms with E-state index in [0.717, 1.165) is 0 Å². The number of hydrogen-bond donors (Lipinski definition) is 2. The molecule has 2 aromatic heterocycles. The van der Waals surface area contributed by atoms with Crippen LogP contribution in [0.4, 0.5) is 11.9 Å². The van der Waals surface area contributed by atoms with Crippen LogP contribution in [-0.4, -0.2) is 38.2 Å². The van der Waals surface area contributed by atoms with Gasteiger partial charge in [-0.3, -0.25) is 9.36 Å². The maximum Gasteiger partial charge on any atom is 0.262 e. The Balaban J connectivity index is 1.97. The topological polar surface area (TPSA) is 135 Å². The minimum absolute atomic E-state index is 0.0498. The van der Waals surface area contributed by atoms with Crippen LogP contribution in [0.3, 0.4) is 0 Å². The molecule has 4 N–H and O–H groups in total. The van der Waals surface area contributed by atoms with Gasteiger partial charge in [0.15, 0.2) is 5.16 Å². The second-order valence-electron chi connectivity index (χ2n) is 5.62. The molecule has 1 aromatic carbocycles. The van der Waals surface area contributed by atoms with Crippen molar-refractivity contribution in [3.8, 4) is 0 Å². The Morgan fingerprint density at radius 2 is 1.93 bits per heavy atom. The van der Waals surface area contributed by atoms with Crippen LogP contribution in [0.1, 0.15) is 12.2 Å². The summed E-state index contributed by atoms with van der Waals surface area (Å²) in [6.45, 7) is 1.01. The number of nitrogens with zero attached hydrogens (tertiary/aromatic N) is 5. The number of halogens is 1. The summed E-state index contributed by atoms with van der Waals surface area (Å²) >= 11 is 7.36. The van der Waals surface area contributed by atoms with Gasteiger partial charge in [0.25, 0.3) is 5.56 Å². The van der Waals surface area contributed by atoms with Gasteiger partial charge < -0.3 is 16.2 Å². The summed E-state index contributed by atoms with van der Waals surface area (Å²) in [5, 5.41) is 1.55. The Hall–Kier alpha value is -2.43. The summed E-state index contributed by atoms with van der Waals surface area (Å²) in [4.78, 5) is 29.4. The van der Waals surface area contributed by atoms with Crippen molar-refractivity contribution in [1.29, 1.82) is 0 Å². The SMILES string of the molecule is COCCCn1c(SCc2nc(N)nc(N)n2)nc2cc(Cl)ccc2c1=O. The fourth-order valence-corrected chi connectivity index (χ4v) is 3.55. The van der Waals surface area contributed by atoms with E-state index in [1.807, 2.05) is 0 Å². The van der Waals surface area contributed by atoms with Crippen LogP contribution in [0.25, 0.3) is 10.9 Å². The summed E-state index contributed by atoms with van der Waals surface area (Å²) < 4.78 is 6.71. The van der Waals surface area contributed by atoms with Gasteiger partial charge in [-0.15, -0.1) is 0 Å². The molecule has 0 saturated carbocycles. The fraction of sp³-hybridized carbons (Fsp3) is 0.312. The third-order valence-electron chi connectivity index (χ3n) is 3.66. The van der Waals surface area contributed by atoms with Crippen LogP contribution in [0.15, 0.2) is 28.2 Å². The predicted octanol–water partition coefficient (Wildman–Crippen LogP) is 1.73. The number of thioether (sulfide) groups is 1. The Morgan fingerprint density at radius 1 is 1.19 bits per heavy atom. The normalized spacial score (nSPS) is 11.2. The predicted molar refractivity (Wildman–Crippen MR) is 106 cm³/mol. The molecule has 0 unspecified atom stereocenters. The smallest absolute Gasteiger partial charge is 0.262 e. The highest BCUT2D eigenvalue weighted by Gasteiger charge is 2.13. The Bertz CT molecular complexity index is 1010. The molecule has 0 amide bonds. The number of aromatic nitrogens is 5. The van der Waals surface area contributed by atoms with E-state index in [0.29, 0.717) is 52.2 Å². The molecule has 142 valence electrons. The first-order valence-electron chi connectivity index (χ1n) is 8.05. The van der Waals surface area contributed by atoms with Gasteiger partial charge in [0.05, 0.1) is 16.7 Å². The summed E-state index contributed by atoms with van der Waals surface area (Å²) in [5.41, 5.74) is 11.6. The van der Waals surface area contributed by atoms with Gasteiger partial charge >= 0.3 is 0 Å². The molecule has 9 nitrogen and oxygen atoms in total. The van der Waals surface area contributed by atoms with Crippen molar-refractivity contribution < 1.29 is 4.74 Å². The molecule has 3 rings (SSSR count). The number of ether oxygens (including phenoxy) is 1. The molecule has 0 bridgehead atoms. The van der Waals surface area contributed by atoms with Gasteiger partial charge in [-0.25, -0.2) is 4.98 Å². The first kappa shape index (κ1) is 19.3. The number of anilines is 2. The minimum Gasteiger partial charge on any atom is -0.385 e. The first-order chi connectivity index (χ1) is 13.0. The zero-order chi connectivity index (χ0) is 19.4. The van der Waals surface area contributed by atoms with Crippen LogP contribution in [-0.2, 0) is 17.0 Å². The Morgan fingerprint density at radius 3 is 2.63 bits per heavy atom. The number of nitrogen functional groups attached to an aromatic ring is 2. The van der Waals surface area contributed by atoms with E-state index >= 15 is 0 Å². The average Bonchev–Trinajstić information content (AvgIpc) is 2.61. The van der Waals surface area contributed by atoms with E-state index in [2.05, 4.69) is 19.9 Å². The van der Waals surface area contributed by atoms with Gasteiger partial charge in [0.2, 0.25) is 11.9 Å². The zero-order valence-corrected chi connectivity index (χ0v) is 16.1. The number of hydrogen-bond acceptors (Lipinski definition) is 9. The fourth-order valence-electron chi connectivity index (χ4n) is 2.50. The van der Waals surface area contributed by atoms with E-state index in [1.54, 1.807) is 29.9 Å². The van der Waals surface area contributed by atoms with E-state index in [1.165, 1.54) is 11.8 Å². The van der Waals surface area contributed by atoms with Crippen molar-refractivity contribution in [1.82, 2.24) is 24.5 Å². The van der Waals surface area contributed by atoms with E-state index in [9.17, 15) is 4.79 Å². The Labute approximate surface area is 164 Å². The van der Waals surface area contributed by atoms with Gasteiger partial charge in [-0.2, -0.15) is 15.0 Å². The van der Waals surface area contributed by atoms with E-state index in [-0.39, 0.29) is 17.5 Å². The summed E-state index contributed by atoms with van der Waals surface area (Å²) in [7, 11) is 1.62. The lowest BCUT2D eigenvalue weighted by atomic mass is 10.2. The highest BCUT2D eigenvalue weighted by molar-refractivity contribution is 7.98. The molecule has 0 atom stereocenters. The van der Waals surface area contributed by atoms with Crippen LogP contribution >= 0.6 is 23.4 Å². The van der Waals surface area contributed by atoms with Crippen molar-refractivity contribution in [2.45, 2.75) is 23.9 Å². The molecule has 11 heteroatoms. The van der Waals surface area contributed by atoms with E-state index < -0.39 is 0 Å². The third-order valence-corrected chi connectivity index (χ3v) is 4.87. The van der Waals surface area contributed by atoms with Crippen molar-refractivity contribution in [3.63, 3.8) is 0 Å². The van der Waals surface area contributed by atoms with Crippen LogP contribution in [0, 0.1) is 0 Å². The molecule has 0 radical (unpaired) electrons. The van der Waals surface area contributed by atoms with Crippen molar-refractivity contribution in [3.05, 3.63) is 39.4 Å². The molecule has 0 spiro atoms. The largest absolute Gasteiger partial charge is 0.385 e. The summed E-state index contributed by atoms with van der Waals surface area (Å²) in [5.74, 6) is 0.844. The maximum atomic E-state index is 12.9. The highest BCUT2D eigenvalue weighted by Crippen LogP contribution is 2.23. The van der Waals surface area contributed by atoms with Crippen molar-refractivity contribution in [2.24, 2.45) is 0 Å². The standard InChI is InChI=1S/C16H18ClN7O2S/c1-26-6-2-5-24-13(25)10-4-3-9(17)7-11(10)20-16(24)27-8-12-21-14(18)23-15(19)22-12/h3-4,7H,2,5-6,8H2,1H3,(H4,18,19,21,22,23). The average molecular weight is 408 g/mol. The Kier molecular flexibility index (Phi) is 6.09. The van der Waals surface area contributed by atoms with Crippen LogP contribution in [0.5, 0.6) is 0 Å². The van der Waals surface area contributed by atoms with Gasteiger partial charge in [0.1, 0.15) is 5.82 Å². The van der Waals surface area contributed by atoms with Gasteiger partial charge in [0, 0.05) is 25.3 Å². The minimum atomic E-state index is -0.134. The molecule has 3 aromatic rings. The molecular weight excluding hydrogens is 390 g/mol. The highest BCUT2D eigenvalue weighted by atomic mass is 35.5. The second-order valence-corrected chi connectivity index (χ2v) is 6.99. The quantitative estimate of drug-likeness (QED) is 0.341. The lowest BCUT2D eigenvalue weighted by Gasteiger charge is -2.13. The molecule has 0 fully saturated rings. The van der Waals surface area contributed by atoms with E-state index in [4.69, 9.17) is 27.8 Å². The summed E-state index contributed by atoms with van der Waals surface area (Å²) in [6, 6.07) is 5.03. The number of fused-ring (bicyclic) bond motifs is 1. The number of rotatable bonds is 7. The van der Waals surface area contributed by atoms with Crippen molar-refractivity contribution in [2.75, 3.05) is 25.2 Å². The zero-order valence-electron chi connectivity index (χ0n) is 14.6. The third kappa shape index (κ3) is 4.65. The number of methoxy groups -OCH3 is 1. The molecular formula is C16H18ClN7O2S. The summed E-state index contributed by atoms with van der Waals surface area (Å²) in [6.07, 6.45) is 0.677. The first-order valence-corrected chi connectivity index (χ1v) is 9.42. The molecule has 0 aliphatic carbocycles. The second kappa shape index (κ2) is 8.51. The lowest BCUT2D eigenvalue weighted by Crippen LogP contribution is -2.24. The number of nitrogens with two attached hydrogens (primary N) is 2. The van der Waals surface area contributed by atoms with Gasteiger partial charge in [-0.05, 0) is 24.6 Å². The molecule has 2 heterocycles. The van der Waals surface area contributed by atoms with Crippen LogP contribution in [0.2, 0.25) is 5.02 Å². The lowest BCUT2D eigenvalue weighted by molar-refractivity contribution is 0.189. The monoisotopic (exact) mass is 407 g/mol. The van der Waals surface area contributed by atoms with Crippen LogP contribution < -0.4 is 17.0 Å². The maximum absolute atomic E-state index is 12.9. The molecule has 0 aliphatic rings. The van der Waals surface area contributed by atoms with Gasteiger partial charge in [-0.1, -0.05) is 23.4 Å². The van der Waals surface area contributed by atoms with Crippen molar-refractivity contribution >= 4 is 46.2 Å². The molecule has 0 aliphatic heterocycles. The molecule has 27 heavy (non-hydrogen) atoms.